The fourth-order valence-electron chi connectivity index (χ4n) is 3.10. The van der Waals surface area contributed by atoms with Gasteiger partial charge in [-0.2, -0.15) is 0 Å². The van der Waals surface area contributed by atoms with E-state index in [9.17, 15) is 19.7 Å². The lowest BCUT2D eigenvalue weighted by molar-refractivity contribution is -0.384. The van der Waals surface area contributed by atoms with E-state index >= 15 is 0 Å². The molecule has 2 N–H and O–H groups in total. The molecule has 0 aliphatic rings. The van der Waals surface area contributed by atoms with Gasteiger partial charge in [0.25, 0.3) is 11.6 Å². The summed E-state index contributed by atoms with van der Waals surface area (Å²) in [7, 11) is 0. The topological polar surface area (TPSA) is 145 Å². The number of benzene rings is 2. The molecule has 11 nitrogen and oxygen atoms in total. The first-order valence-electron chi connectivity index (χ1n) is 10.3. The number of nitro groups is 1. The van der Waals surface area contributed by atoms with Gasteiger partial charge >= 0.3 is 0 Å². The maximum absolute atomic E-state index is 12.6. The van der Waals surface area contributed by atoms with Gasteiger partial charge in [0.05, 0.1) is 17.2 Å². The van der Waals surface area contributed by atoms with E-state index in [1.807, 2.05) is 31.2 Å². The molecule has 0 aliphatic heterocycles. The molecule has 35 heavy (non-hydrogen) atoms. The number of thioether (sulfide) groups is 1. The van der Waals surface area contributed by atoms with Gasteiger partial charge in [0.15, 0.2) is 16.1 Å². The fraction of sp³-hybridized carbons (Fsp3) is 0.136. The van der Waals surface area contributed by atoms with E-state index in [1.165, 1.54) is 47.4 Å². The number of carbonyl (C=O) groups is 2. The van der Waals surface area contributed by atoms with Crippen molar-refractivity contribution in [3.8, 4) is 5.69 Å². The first-order valence-corrected chi connectivity index (χ1v) is 12.1. The SMILES string of the molecule is Cc1cccc(-n2c(CNC(=O)c3ccc([N+](=O)[O-])cc3)nnc2SCC(=O)Nc2nccs2)c1. The summed E-state index contributed by atoms with van der Waals surface area (Å²) in [5, 5.41) is 27.6. The summed E-state index contributed by atoms with van der Waals surface area (Å²) < 4.78 is 1.78. The van der Waals surface area contributed by atoms with E-state index in [0.29, 0.717) is 16.1 Å². The Morgan fingerprint density at radius 1 is 1.17 bits per heavy atom. The Kier molecular flexibility index (Phi) is 7.48. The zero-order valence-corrected chi connectivity index (χ0v) is 20.0. The monoisotopic (exact) mass is 509 g/mol. The first kappa shape index (κ1) is 24.0. The summed E-state index contributed by atoms with van der Waals surface area (Å²) in [6.07, 6.45) is 1.61. The highest BCUT2D eigenvalue weighted by Gasteiger charge is 2.18. The Bertz CT molecular complexity index is 1350. The third kappa shape index (κ3) is 6.07. The number of nitrogens with one attached hydrogen (secondary N) is 2. The highest BCUT2D eigenvalue weighted by atomic mass is 32.2. The van der Waals surface area contributed by atoms with Gasteiger partial charge in [0.2, 0.25) is 5.91 Å². The summed E-state index contributed by atoms with van der Waals surface area (Å²) in [6.45, 7) is 2.01. The second-order valence-electron chi connectivity index (χ2n) is 7.23. The highest BCUT2D eigenvalue weighted by molar-refractivity contribution is 7.99. The third-order valence-corrected chi connectivity index (χ3v) is 6.34. The Hall–Kier alpha value is -4.10. The average molecular weight is 510 g/mol. The van der Waals surface area contributed by atoms with E-state index in [0.717, 1.165) is 11.3 Å². The molecule has 2 aromatic carbocycles. The zero-order valence-electron chi connectivity index (χ0n) is 18.4. The molecule has 2 heterocycles. The van der Waals surface area contributed by atoms with Crippen LogP contribution in [0.15, 0.2) is 65.3 Å². The number of hydrogen-bond acceptors (Lipinski definition) is 9. The van der Waals surface area contributed by atoms with Crippen LogP contribution in [-0.2, 0) is 11.3 Å². The molecule has 0 saturated heterocycles. The minimum absolute atomic E-state index is 0.0582. The van der Waals surface area contributed by atoms with Crippen LogP contribution < -0.4 is 10.6 Å². The van der Waals surface area contributed by atoms with Crippen LogP contribution in [0.4, 0.5) is 10.8 Å². The van der Waals surface area contributed by atoms with Crippen molar-refractivity contribution < 1.29 is 14.5 Å². The normalized spacial score (nSPS) is 10.7. The van der Waals surface area contributed by atoms with Crippen LogP contribution in [-0.4, -0.2) is 42.2 Å². The van der Waals surface area contributed by atoms with Crippen molar-refractivity contribution in [1.29, 1.82) is 0 Å². The van der Waals surface area contributed by atoms with Gasteiger partial charge in [-0.3, -0.25) is 24.3 Å². The molecule has 2 aromatic heterocycles. The molecule has 178 valence electrons. The lowest BCUT2D eigenvalue weighted by Gasteiger charge is -2.11. The molecule has 0 radical (unpaired) electrons. The summed E-state index contributed by atoms with van der Waals surface area (Å²) in [4.78, 5) is 39.2. The Morgan fingerprint density at radius 3 is 2.66 bits per heavy atom. The van der Waals surface area contributed by atoms with Crippen molar-refractivity contribution in [2.75, 3.05) is 11.1 Å². The zero-order chi connectivity index (χ0) is 24.8. The van der Waals surface area contributed by atoms with Crippen molar-refractivity contribution >= 4 is 45.7 Å². The van der Waals surface area contributed by atoms with Gasteiger partial charge in [-0.05, 0) is 36.8 Å². The number of non-ortho nitro benzene ring substituents is 1. The van der Waals surface area contributed by atoms with Gasteiger partial charge in [-0.1, -0.05) is 23.9 Å². The number of anilines is 1. The fourth-order valence-corrected chi connectivity index (χ4v) is 4.42. The van der Waals surface area contributed by atoms with E-state index in [1.54, 1.807) is 16.1 Å². The van der Waals surface area contributed by atoms with Crippen molar-refractivity contribution in [3.63, 3.8) is 0 Å². The Balaban J connectivity index is 1.50. The van der Waals surface area contributed by atoms with Crippen molar-refractivity contribution in [2.45, 2.75) is 18.6 Å². The molecular formula is C22H19N7O4S2. The molecule has 0 aliphatic carbocycles. The van der Waals surface area contributed by atoms with Gasteiger partial charge in [0, 0.05) is 35.0 Å². The molecule has 0 fully saturated rings. The third-order valence-electron chi connectivity index (χ3n) is 4.72. The molecule has 4 rings (SSSR count). The second-order valence-corrected chi connectivity index (χ2v) is 9.07. The molecule has 0 spiro atoms. The summed E-state index contributed by atoms with van der Waals surface area (Å²) in [6, 6.07) is 13.0. The largest absolute Gasteiger partial charge is 0.345 e. The highest BCUT2D eigenvalue weighted by Crippen LogP contribution is 2.23. The van der Waals surface area contributed by atoms with E-state index in [2.05, 4.69) is 25.8 Å². The second kappa shape index (κ2) is 10.9. The maximum Gasteiger partial charge on any atom is 0.269 e. The van der Waals surface area contributed by atoms with Gasteiger partial charge in [0.1, 0.15) is 0 Å². The van der Waals surface area contributed by atoms with Gasteiger partial charge < -0.3 is 10.6 Å². The number of aromatic nitrogens is 4. The molecule has 4 aromatic rings. The number of carbonyl (C=O) groups excluding carboxylic acids is 2. The van der Waals surface area contributed by atoms with Crippen LogP contribution in [0.5, 0.6) is 0 Å². The summed E-state index contributed by atoms with van der Waals surface area (Å²) in [5.74, 6) is -0.0697. The van der Waals surface area contributed by atoms with Crippen LogP contribution in [0, 0.1) is 17.0 Å². The number of aryl methyl sites for hydroxylation is 1. The van der Waals surface area contributed by atoms with E-state index in [4.69, 9.17) is 0 Å². The lowest BCUT2D eigenvalue weighted by atomic mass is 10.2. The average Bonchev–Trinajstić information content (AvgIpc) is 3.51. The molecule has 0 saturated carbocycles. The lowest BCUT2D eigenvalue weighted by Crippen LogP contribution is -2.24. The Labute approximate surface area is 207 Å². The molecule has 0 bridgehead atoms. The molecule has 13 heteroatoms. The smallest absolute Gasteiger partial charge is 0.269 e. The van der Waals surface area contributed by atoms with Crippen molar-refractivity contribution in [2.24, 2.45) is 0 Å². The van der Waals surface area contributed by atoms with Crippen LogP contribution in [0.1, 0.15) is 21.7 Å². The molecule has 2 amide bonds. The number of nitro benzene ring substituents is 1. The van der Waals surface area contributed by atoms with Crippen LogP contribution >= 0.6 is 23.1 Å². The number of rotatable bonds is 9. The van der Waals surface area contributed by atoms with Gasteiger partial charge in [-0.25, -0.2) is 4.98 Å². The minimum atomic E-state index is -0.525. The van der Waals surface area contributed by atoms with Crippen molar-refractivity contribution in [1.82, 2.24) is 25.1 Å². The quantitative estimate of drug-likeness (QED) is 0.198. The number of nitrogens with zero attached hydrogens (tertiary/aromatic N) is 5. The number of thiazole rings is 1. The Morgan fingerprint density at radius 2 is 1.97 bits per heavy atom. The predicted octanol–water partition coefficient (Wildman–Crippen LogP) is 3.60. The summed E-state index contributed by atoms with van der Waals surface area (Å²) in [5.41, 5.74) is 2.00. The van der Waals surface area contributed by atoms with Crippen LogP contribution in [0.25, 0.3) is 5.69 Å². The minimum Gasteiger partial charge on any atom is -0.345 e. The van der Waals surface area contributed by atoms with Gasteiger partial charge in [-0.15, -0.1) is 21.5 Å². The standard InChI is InChI=1S/C22H19N7O4S2/c1-14-3-2-4-17(11-14)28-18(12-24-20(31)15-5-7-16(8-6-15)29(32)33)26-27-22(28)35-13-19(30)25-21-23-9-10-34-21/h2-11H,12-13H2,1H3,(H,24,31)(H,23,25,30). The molecule has 0 unspecified atom stereocenters. The van der Waals surface area contributed by atoms with Crippen LogP contribution in [0.2, 0.25) is 0 Å². The summed E-state index contributed by atoms with van der Waals surface area (Å²) >= 11 is 2.54. The number of amides is 2. The van der Waals surface area contributed by atoms with E-state index < -0.39 is 10.8 Å². The number of hydrogen-bond donors (Lipinski definition) is 2. The maximum atomic E-state index is 12.6. The predicted molar refractivity (Wildman–Crippen MR) is 132 cm³/mol. The molecule has 0 atom stereocenters. The van der Waals surface area contributed by atoms with E-state index in [-0.39, 0.29) is 29.5 Å². The van der Waals surface area contributed by atoms with Crippen LogP contribution in [0.3, 0.4) is 0 Å². The molecular weight excluding hydrogens is 490 g/mol. The van der Waals surface area contributed by atoms with Crippen molar-refractivity contribution in [3.05, 3.63) is 87.2 Å². The first-order chi connectivity index (χ1) is 16.9.